The van der Waals surface area contributed by atoms with Crippen molar-refractivity contribution in [1.82, 2.24) is 0 Å². The summed E-state index contributed by atoms with van der Waals surface area (Å²) >= 11 is 0. The van der Waals surface area contributed by atoms with Crippen molar-refractivity contribution in [2.24, 2.45) is 5.41 Å². The van der Waals surface area contributed by atoms with Crippen molar-refractivity contribution in [1.29, 1.82) is 0 Å². The smallest absolute Gasteiger partial charge is 0.312 e. The highest BCUT2D eigenvalue weighted by Gasteiger charge is 2.46. The molecule has 3 nitrogen and oxygen atoms in total. The maximum Gasteiger partial charge on any atom is 0.312 e. The highest BCUT2D eigenvalue weighted by atomic mass is 16.4. The van der Waals surface area contributed by atoms with Gasteiger partial charge in [0, 0.05) is 0 Å². The quantitative estimate of drug-likeness (QED) is 0.880. The Hall–Kier alpha value is -1.35. The second-order valence-electron chi connectivity index (χ2n) is 6.83. The minimum absolute atomic E-state index is 0.0344. The fourth-order valence-electron chi connectivity index (χ4n) is 1.86. The van der Waals surface area contributed by atoms with Crippen LogP contribution in [0.3, 0.4) is 0 Å². The third-order valence-corrected chi connectivity index (χ3v) is 4.06. The minimum atomic E-state index is -1.42. The Morgan fingerprint density at radius 2 is 1.26 bits per heavy atom. The van der Waals surface area contributed by atoms with Crippen molar-refractivity contribution < 1.29 is 15.0 Å². The highest BCUT2D eigenvalue weighted by molar-refractivity contribution is 5.75. The lowest BCUT2D eigenvalue weighted by Gasteiger charge is -2.37. The summed E-state index contributed by atoms with van der Waals surface area (Å²) in [5.74, 6) is -1.02. The summed E-state index contributed by atoms with van der Waals surface area (Å²) in [5, 5.41) is 19.9. The standard InChI is InChI=1S/C16H24O3/c1-14(2,3)11-7-9-12(10-8-11)16(6,19)15(4,5)13(17)18/h7-10,19H,1-6H3,(H,17,18). The Bertz CT molecular complexity index is 462. The minimum Gasteiger partial charge on any atom is -0.481 e. The van der Waals surface area contributed by atoms with Gasteiger partial charge in [-0.25, -0.2) is 0 Å². The monoisotopic (exact) mass is 264 g/mol. The largest absolute Gasteiger partial charge is 0.481 e. The second kappa shape index (κ2) is 4.64. The Labute approximate surface area is 115 Å². The van der Waals surface area contributed by atoms with Crippen LogP contribution in [0.1, 0.15) is 52.7 Å². The number of carbonyl (C=O) groups is 1. The van der Waals surface area contributed by atoms with Crippen LogP contribution in [-0.4, -0.2) is 16.2 Å². The van der Waals surface area contributed by atoms with E-state index in [1.54, 1.807) is 6.92 Å². The first-order chi connectivity index (χ1) is 8.40. The van der Waals surface area contributed by atoms with Crippen molar-refractivity contribution in [3.8, 4) is 0 Å². The van der Waals surface area contributed by atoms with Crippen LogP contribution in [0.4, 0.5) is 0 Å². The molecule has 0 bridgehead atoms. The van der Waals surface area contributed by atoms with E-state index in [1.165, 1.54) is 13.8 Å². The topological polar surface area (TPSA) is 57.5 Å². The number of hydrogen-bond donors (Lipinski definition) is 2. The highest BCUT2D eigenvalue weighted by Crippen LogP contribution is 2.40. The first-order valence-corrected chi connectivity index (χ1v) is 6.47. The molecule has 1 aromatic carbocycles. The number of aliphatic carboxylic acids is 1. The first kappa shape index (κ1) is 15.7. The van der Waals surface area contributed by atoms with Gasteiger partial charge in [-0.15, -0.1) is 0 Å². The molecule has 1 rings (SSSR count). The normalized spacial score (nSPS) is 15.9. The zero-order valence-corrected chi connectivity index (χ0v) is 12.6. The van der Waals surface area contributed by atoms with E-state index in [4.69, 9.17) is 0 Å². The van der Waals surface area contributed by atoms with Gasteiger partial charge in [0.25, 0.3) is 0 Å². The molecule has 0 heterocycles. The third kappa shape index (κ3) is 2.81. The van der Waals surface area contributed by atoms with E-state index in [-0.39, 0.29) is 5.41 Å². The average molecular weight is 264 g/mol. The lowest BCUT2D eigenvalue weighted by atomic mass is 9.71. The molecule has 0 radical (unpaired) electrons. The molecule has 0 saturated heterocycles. The van der Waals surface area contributed by atoms with E-state index in [1.807, 2.05) is 24.3 Å². The Morgan fingerprint density at radius 3 is 1.58 bits per heavy atom. The van der Waals surface area contributed by atoms with Gasteiger partial charge >= 0.3 is 5.97 Å². The van der Waals surface area contributed by atoms with Crippen LogP contribution in [0.15, 0.2) is 24.3 Å². The molecule has 0 aliphatic rings. The molecule has 1 unspecified atom stereocenters. The van der Waals surface area contributed by atoms with Gasteiger partial charge < -0.3 is 10.2 Å². The maximum absolute atomic E-state index is 11.3. The molecular weight excluding hydrogens is 240 g/mol. The zero-order chi connectivity index (χ0) is 15.1. The van der Waals surface area contributed by atoms with Gasteiger partial charge in [0.1, 0.15) is 5.60 Å². The van der Waals surface area contributed by atoms with E-state index in [9.17, 15) is 15.0 Å². The fourth-order valence-corrected chi connectivity index (χ4v) is 1.86. The molecule has 1 atom stereocenters. The van der Waals surface area contributed by atoms with Crippen LogP contribution >= 0.6 is 0 Å². The SMILES string of the molecule is CC(C)(C)c1ccc(C(C)(O)C(C)(C)C(=O)O)cc1. The second-order valence-corrected chi connectivity index (χ2v) is 6.83. The van der Waals surface area contributed by atoms with Crippen molar-refractivity contribution in [2.75, 3.05) is 0 Å². The molecule has 1 aromatic rings. The molecule has 19 heavy (non-hydrogen) atoms. The average Bonchev–Trinajstić information content (AvgIpc) is 2.27. The van der Waals surface area contributed by atoms with Gasteiger partial charge in [-0.05, 0) is 37.3 Å². The predicted molar refractivity (Wildman–Crippen MR) is 76.1 cm³/mol. The van der Waals surface area contributed by atoms with Crippen molar-refractivity contribution in [2.45, 2.75) is 52.6 Å². The molecule has 0 amide bonds. The van der Waals surface area contributed by atoms with Gasteiger partial charge in [-0.2, -0.15) is 0 Å². The summed E-state index contributed by atoms with van der Waals surface area (Å²) < 4.78 is 0. The number of benzene rings is 1. The molecule has 0 spiro atoms. The Balaban J connectivity index is 3.21. The molecular formula is C16H24O3. The van der Waals surface area contributed by atoms with E-state index in [0.717, 1.165) is 5.56 Å². The number of aliphatic hydroxyl groups is 1. The molecule has 3 heteroatoms. The summed E-state index contributed by atoms with van der Waals surface area (Å²) in [6, 6.07) is 7.51. The van der Waals surface area contributed by atoms with Gasteiger partial charge in [0.05, 0.1) is 5.41 Å². The molecule has 0 aliphatic carbocycles. The first-order valence-electron chi connectivity index (χ1n) is 6.47. The number of carboxylic acids is 1. The van der Waals surface area contributed by atoms with E-state index in [2.05, 4.69) is 20.8 Å². The molecule has 0 aromatic heterocycles. The lowest BCUT2D eigenvalue weighted by molar-refractivity contribution is -0.164. The fraction of sp³-hybridized carbons (Fsp3) is 0.562. The van der Waals surface area contributed by atoms with Gasteiger partial charge in [0.15, 0.2) is 0 Å². The van der Waals surface area contributed by atoms with Crippen LogP contribution in [0.25, 0.3) is 0 Å². The zero-order valence-electron chi connectivity index (χ0n) is 12.6. The Kier molecular flexibility index (Phi) is 3.83. The maximum atomic E-state index is 11.3. The van der Waals surface area contributed by atoms with Crippen LogP contribution in [-0.2, 0) is 15.8 Å². The van der Waals surface area contributed by atoms with Crippen molar-refractivity contribution in [3.05, 3.63) is 35.4 Å². The van der Waals surface area contributed by atoms with E-state index in [0.29, 0.717) is 5.56 Å². The molecule has 2 N–H and O–H groups in total. The third-order valence-electron chi connectivity index (χ3n) is 4.06. The summed E-state index contributed by atoms with van der Waals surface area (Å²) in [6.07, 6.45) is 0. The molecule has 0 aliphatic heterocycles. The van der Waals surface area contributed by atoms with Gasteiger partial charge in [0.2, 0.25) is 0 Å². The van der Waals surface area contributed by atoms with Crippen LogP contribution in [0.2, 0.25) is 0 Å². The van der Waals surface area contributed by atoms with Crippen molar-refractivity contribution >= 4 is 5.97 Å². The van der Waals surface area contributed by atoms with Gasteiger partial charge in [-0.1, -0.05) is 45.0 Å². The molecule has 106 valence electrons. The number of carboxylic acid groups (broad SMARTS) is 1. The lowest BCUT2D eigenvalue weighted by Crippen LogP contribution is -2.45. The Morgan fingerprint density at radius 1 is 0.895 bits per heavy atom. The summed E-state index contributed by atoms with van der Waals surface area (Å²) in [7, 11) is 0. The molecule has 0 fully saturated rings. The number of hydrogen-bond acceptors (Lipinski definition) is 2. The van der Waals surface area contributed by atoms with E-state index >= 15 is 0 Å². The summed E-state index contributed by atoms with van der Waals surface area (Å²) in [5.41, 5.74) is -0.869. The van der Waals surface area contributed by atoms with Crippen molar-refractivity contribution in [3.63, 3.8) is 0 Å². The van der Waals surface area contributed by atoms with Crippen LogP contribution in [0, 0.1) is 5.41 Å². The summed E-state index contributed by atoms with van der Waals surface area (Å²) in [4.78, 5) is 11.3. The molecule has 0 saturated carbocycles. The van der Waals surface area contributed by atoms with Gasteiger partial charge in [-0.3, -0.25) is 4.79 Å². The predicted octanol–water partition coefficient (Wildman–Crippen LogP) is 3.30. The summed E-state index contributed by atoms with van der Waals surface area (Å²) in [6.45, 7) is 11.0. The van der Waals surface area contributed by atoms with Crippen LogP contribution in [0.5, 0.6) is 0 Å². The number of rotatable bonds is 3. The van der Waals surface area contributed by atoms with E-state index < -0.39 is 17.0 Å². The van der Waals surface area contributed by atoms with Crippen LogP contribution < -0.4 is 0 Å².